The minimum Gasteiger partial charge on any atom is -0.352 e. The number of nitrogens with two attached hydrogens (primary N) is 1. The number of primary sulfonamides is 1. The van der Waals surface area contributed by atoms with Crippen molar-refractivity contribution in [2.75, 3.05) is 0 Å². The lowest BCUT2D eigenvalue weighted by Gasteiger charge is -2.08. The van der Waals surface area contributed by atoms with Crippen LogP contribution in [0, 0.1) is 0 Å². The molecule has 2 aromatic carbocycles. The molecule has 0 aliphatic heterocycles. The average molecular weight is 381 g/mol. The molecule has 132 valence electrons. The summed E-state index contributed by atoms with van der Waals surface area (Å²) in [5, 5.41) is 7.97. The Morgan fingerprint density at radius 2 is 1.72 bits per heavy atom. The molecular formula is C17H17ClN2O4S. The molecule has 0 atom stereocenters. The summed E-state index contributed by atoms with van der Waals surface area (Å²) in [6, 6.07) is 13.2. The van der Waals surface area contributed by atoms with Crippen LogP contribution in [0.25, 0.3) is 0 Å². The number of sulfonamides is 1. The van der Waals surface area contributed by atoms with Crippen LogP contribution < -0.4 is 10.5 Å². The van der Waals surface area contributed by atoms with Crippen LogP contribution >= 0.6 is 11.6 Å². The zero-order valence-corrected chi connectivity index (χ0v) is 14.8. The van der Waals surface area contributed by atoms with E-state index in [0.717, 1.165) is 11.6 Å². The number of amides is 1. The molecule has 0 aliphatic carbocycles. The van der Waals surface area contributed by atoms with Crippen molar-refractivity contribution in [1.82, 2.24) is 5.32 Å². The number of rotatable bonds is 7. The maximum atomic E-state index is 12.3. The van der Waals surface area contributed by atoms with Crippen LogP contribution in [0.2, 0.25) is 5.02 Å². The second-order valence-electron chi connectivity index (χ2n) is 5.37. The van der Waals surface area contributed by atoms with Crippen molar-refractivity contribution < 1.29 is 18.0 Å². The molecule has 6 nitrogen and oxygen atoms in total. The largest absolute Gasteiger partial charge is 0.352 e. The number of nitrogens with one attached hydrogen (secondary N) is 1. The molecule has 0 saturated heterocycles. The molecule has 2 aromatic rings. The first kappa shape index (κ1) is 19.1. The number of hydrogen-bond acceptors (Lipinski definition) is 4. The van der Waals surface area contributed by atoms with E-state index in [9.17, 15) is 18.0 Å². The summed E-state index contributed by atoms with van der Waals surface area (Å²) < 4.78 is 23.2. The summed E-state index contributed by atoms with van der Waals surface area (Å²) in [4.78, 5) is 23.8. The second-order valence-corrected chi connectivity index (χ2v) is 7.34. The molecule has 3 N–H and O–H groups in total. The Labute approximate surface area is 151 Å². The summed E-state index contributed by atoms with van der Waals surface area (Å²) in [5.41, 5.74) is 0.874. The first-order chi connectivity index (χ1) is 11.8. The lowest BCUT2D eigenvalue weighted by atomic mass is 10.1. The van der Waals surface area contributed by atoms with E-state index in [4.69, 9.17) is 16.7 Å². The Kier molecular flexibility index (Phi) is 6.30. The van der Waals surface area contributed by atoms with Crippen molar-refractivity contribution >= 4 is 33.3 Å². The van der Waals surface area contributed by atoms with Crippen LogP contribution in [-0.2, 0) is 21.4 Å². The molecule has 0 radical (unpaired) electrons. The molecule has 2 rings (SSSR count). The van der Waals surface area contributed by atoms with Gasteiger partial charge in [0, 0.05) is 30.0 Å². The third-order valence-corrected chi connectivity index (χ3v) is 4.65. The van der Waals surface area contributed by atoms with Crippen LogP contribution in [0.3, 0.4) is 0 Å². The van der Waals surface area contributed by atoms with Gasteiger partial charge < -0.3 is 5.32 Å². The van der Waals surface area contributed by atoms with E-state index in [1.807, 2.05) is 30.3 Å². The topological polar surface area (TPSA) is 106 Å². The quantitative estimate of drug-likeness (QED) is 0.718. The first-order valence-electron chi connectivity index (χ1n) is 7.43. The van der Waals surface area contributed by atoms with Crippen LogP contribution in [0.1, 0.15) is 28.8 Å². The predicted octanol–water partition coefficient (Wildman–Crippen LogP) is 2.27. The maximum Gasteiger partial charge on any atom is 0.238 e. The zero-order chi connectivity index (χ0) is 18.4. The van der Waals surface area contributed by atoms with E-state index in [-0.39, 0.29) is 34.2 Å². The number of carbonyl (C=O) groups excluding carboxylic acids is 2. The Morgan fingerprint density at radius 1 is 1.04 bits per heavy atom. The first-order valence-corrected chi connectivity index (χ1v) is 9.36. The van der Waals surface area contributed by atoms with Gasteiger partial charge in [0.2, 0.25) is 15.9 Å². The molecule has 0 fully saturated rings. The van der Waals surface area contributed by atoms with Gasteiger partial charge in [-0.1, -0.05) is 41.9 Å². The van der Waals surface area contributed by atoms with Crippen molar-refractivity contribution in [3.8, 4) is 0 Å². The molecule has 0 spiro atoms. The Balaban J connectivity index is 1.97. The molecule has 8 heteroatoms. The molecular weight excluding hydrogens is 364 g/mol. The Morgan fingerprint density at radius 3 is 2.36 bits per heavy atom. The van der Waals surface area contributed by atoms with Gasteiger partial charge in [-0.3, -0.25) is 9.59 Å². The highest BCUT2D eigenvalue weighted by atomic mass is 35.5. The number of Topliss-reactive ketones (excluding diaryl/α,β-unsaturated/α-hetero) is 1. The Hall–Kier alpha value is -2.22. The number of benzene rings is 2. The summed E-state index contributed by atoms with van der Waals surface area (Å²) in [5.74, 6) is -0.793. The smallest absolute Gasteiger partial charge is 0.238 e. The van der Waals surface area contributed by atoms with E-state index in [2.05, 4.69) is 5.32 Å². The highest BCUT2D eigenvalue weighted by Gasteiger charge is 2.20. The summed E-state index contributed by atoms with van der Waals surface area (Å²) in [6.45, 7) is 0.358. The fraction of sp³-hybridized carbons (Fsp3) is 0.176. The highest BCUT2D eigenvalue weighted by molar-refractivity contribution is 7.89. The van der Waals surface area contributed by atoms with Crippen molar-refractivity contribution in [2.45, 2.75) is 24.3 Å². The van der Waals surface area contributed by atoms with E-state index < -0.39 is 15.8 Å². The third-order valence-electron chi connectivity index (χ3n) is 3.46. The molecule has 1 amide bonds. The number of ketones is 1. The minimum atomic E-state index is -4.09. The monoisotopic (exact) mass is 380 g/mol. The number of halogens is 1. The van der Waals surface area contributed by atoms with Gasteiger partial charge in [-0.05, 0) is 23.8 Å². The van der Waals surface area contributed by atoms with Gasteiger partial charge in [-0.25, -0.2) is 13.6 Å². The normalized spacial score (nSPS) is 11.1. The number of carbonyl (C=O) groups is 2. The SMILES string of the molecule is NS(=O)(=O)c1cc(Cl)ccc1C(=O)CCC(=O)NCc1ccccc1. The van der Waals surface area contributed by atoms with E-state index in [1.165, 1.54) is 12.1 Å². The van der Waals surface area contributed by atoms with Crippen molar-refractivity contribution in [1.29, 1.82) is 0 Å². The van der Waals surface area contributed by atoms with Gasteiger partial charge in [0.1, 0.15) is 0 Å². The fourth-order valence-electron chi connectivity index (χ4n) is 2.21. The fourth-order valence-corrected chi connectivity index (χ4v) is 3.22. The highest BCUT2D eigenvalue weighted by Crippen LogP contribution is 2.21. The summed E-state index contributed by atoms with van der Waals surface area (Å²) >= 11 is 5.76. The summed E-state index contributed by atoms with van der Waals surface area (Å²) in [6.07, 6.45) is -0.191. The van der Waals surface area contributed by atoms with Crippen molar-refractivity contribution in [2.24, 2.45) is 5.14 Å². The van der Waals surface area contributed by atoms with Crippen molar-refractivity contribution in [3.05, 3.63) is 64.7 Å². The number of hydrogen-bond donors (Lipinski definition) is 2. The predicted molar refractivity (Wildman–Crippen MR) is 94.7 cm³/mol. The maximum absolute atomic E-state index is 12.3. The van der Waals surface area contributed by atoms with Crippen LogP contribution in [0.5, 0.6) is 0 Å². The molecule has 0 bridgehead atoms. The van der Waals surface area contributed by atoms with Crippen molar-refractivity contribution in [3.63, 3.8) is 0 Å². The van der Waals surface area contributed by atoms with Crippen LogP contribution in [0.15, 0.2) is 53.4 Å². The molecule has 0 heterocycles. The van der Waals surface area contributed by atoms with Gasteiger partial charge in [0.05, 0.1) is 4.90 Å². The molecule has 0 saturated carbocycles. The second kappa shape index (κ2) is 8.24. The molecule has 0 aliphatic rings. The zero-order valence-electron chi connectivity index (χ0n) is 13.2. The van der Waals surface area contributed by atoms with Gasteiger partial charge >= 0.3 is 0 Å². The molecule has 0 unspecified atom stereocenters. The van der Waals surface area contributed by atoms with Gasteiger partial charge in [0.15, 0.2) is 5.78 Å². The lowest BCUT2D eigenvalue weighted by molar-refractivity contribution is -0.121. The third kappa shape index (κ3) is 5.67. The van der Waals surface area contributed by atoms with Gasteiger partial charge in [-0.2, -0.15) is 0 Å². The van der Waals surface area contributed by atoms with E-state index in [0.29, 0.717) is 6.54 Å². The standard InChI is InChI=1S/C17H17ClN2O4S/c18-13-6-7-14(16(10-13)25(19,23)24)15(21)8-9-17(22)20-11-12-4-2-1-3-5-12/h1-7,10H,8-9,11H2,(H,20,22)(H2,19,23,24). The summed E-state index contributed by atoms with van der Waals surface area (Å²) in [7, 11) is -4.09. The minimum absolute atomic E-state index is 0.0572. The molecule has 25 heavy (non-hydrogen) atoms. The van der Waals surface area contributed by atoms with E-state index >= 15 is 0 Å². The molecule has 0 aromatic heterocycles. The average Bonchev–Trinajstić information content (AvgIpc) is 2.58. The lowest BCUT2D eigenvalue weighted by Crippen LogP contribution is -2.23. The van der Waals surface area contributed by atoms with Crippen LogP contribution in [0.4, 0.5) is 0 Å². The van der Waals surface area contributed by atoms with E-state index in [1.54, 1.807) is 0 Å². The van der Waals surface area contributed by atoms with Gasteiger partial charge in [-0.15, -0.1) is 0 Å². The Bertz CT molecular complexity index is 883. The van der Waals surface area contributed by atoms with Crippen LogP contribution in [-0.4, -0.2) is 20.1 Å². The van der Waals surface area contributed by atoms with Gasteiger partial charge in [0.25, 0.3) is 0 Å².